The Morgan fingerprint density at radius 2 is 2.26 bits per heavy atom. The van der Waals surface area contributed by atoms with Crippen LogP contribution in [-0.2, 0) is 4.79 Å². The monoisotopic (exact) mass is 327 g/mol. The number of nitrogens with zero attached hydrogens (tertiary/aromatic N) is 1. The standard InChI is InChI=1S/C14H15BrFNO2/c1-2-9-8-17(6-5-13(9)18)14(19)11-4-3-10(16)7-12(11)15/h3-4,7,9H,2,5-6,8H2,1H3. The molecule has 1 aliphatic heterocycles. The second kappa shape index (κ2) is 5.82. The SMILES string of the molecule is CCC1CN(C(=O)c2ccc(F)cc2Br)CCC1=O. The van der Waals surface area contributed by atoms with Gasteiger partial charge in [0, 0.05) is 29.9 Å². The number of likely N-dealkylation sites (tertiary alicyclic amines) is 1. The lowest BCUT2D eigenvalue weighted by atomic mass is 9.93. The number of carbonyl (C=O) groups excluding carboxylic acids is 2. The van der Waals surface area contributed by atoms with Gasteiger partial charge in [-0.25, -0.2) is 4.39 Å². The molecule has 0 saturated carbocycles. The van der Waals surface area contributed by atoms with E-state index in [1.807, 2.05) is 6.92 Å². The molecule has 0 aliphatic carbocycles. The number of hydrogen-bond donors (Lipinski definition) is 0. The molecule has 1 heterocycles. The minimum absolute atomic E-state index is 0.0723. The molecule has 1 aromatic rings. The van der Waals surface area contributed by atoms with Gasteiger partial charge in [0.05, 0.1) is 5.56 Å². The maximum atomic E-state index is 13.0. The van der Waals surface area contributed by atoms with Crippen LogP contribution in [0.4, 0.5) is 4.39 Å². The quantitative estimate of drug-likeness (QED) is 0.837. The maximum Gasteiger partial charge on any atom is 0.255 e. The van der Waals surface area contributed by atoms with E-state index in [-0.39, 0.29) is 23.4 Å². The minimum Gasteiger partial charge on any atom is -0.337 e. The summed E-state index contributed by atoms with van der Waals surface area (Å²) in [5.41, 5.74) is 0.436. The summed E-state index contributed by atoms with van der Waals surface area (Å²) in [7, 11) is 0. The van der Waals surface area contributed by atoms with Gasteiger partial charge in [-0.05, 0) is 40.5 Å². The van der Waals surface area contributed by atoms with Gasteiger partial charge >= 0.3 is 0 Å². The molecule has 1 aromatic carbocycles. The minimum atomic E-state index is -0.385. The van der Waals surface area contributed by atoms with Crippen molar-refractivity contribution in [1.29, 1.82) is 0 Å². The van der Waals surface area contributed by atoms with Crippen molar-refractivity contribution in [2.75, 3.05) is 13.1 Å². The molecule has 3 nitrogen and oxygen atoms in total. The Balaban J connectivity index is 2.18. The zero-order valence-corrected chi connectivity index (χ0v) is 12.2. The summed E-state index contributed by atoms with van der Waals surface area (Å²) in [6.07, 6.45) is 1.15. The Kier molecular flexibility index (Phi) is 4.34. The number of hydrogen-bond acceptors (Lipinski definition) is 2. The highest BCUT2D eigenvalue weighted by Gasteiger charge is 2.29. The Labute approximate surface area is 119 Å². The smallest absolute Gasteiger partial charge is 0.255 e. The zero-order chi connectivity index (χ0) is 14.0. The van der Waals surface area contributed by atoms with Crippen LogP contribution < -0.4 is 0 Å². The second-order valence-corrected chi connectivity index (χ2v) is 5.55. The molecule has 102 valence electrons. The molecule has 1 atom stereocenters. The van der Waals surface area contributed by atoms with Gasteiger partial charge in [-0.15, -0.1) is 0 Å². The maximum absolute atomic E-state index is 13.0. The van der Waals surface area contributed by atoms with Gasteiger partial charge in [0.15, 0.2) is 0 Å². The average Bonchev–Trinajstić information content (AvgIpc) is 2.38. The number of benzene rings is 1. The first-order chi connectivity index (χ1) is 9.02. The molecule has 1 unspecified atom stereocenters. The Hall–Kier alpha value is -1.23. The van der Waals surface area contributed by atoms with Gasteiger partial charge in [-0.2, -0.15) is 0 Å². The van der Waals surface area contributed by atoms with Crippen LogP contribution >= 0.6 is 15.9 Å². The number of ketones is 1. The van der Waals surface area contributed by atoms with Crippen LogP contribution in [0.2, 0.25) is 0 Å². The molecular weight excluding hydrogens is 313 g/mol. The molecule has 0 aromatic heterocycles. The predicted molar refractivity (Wildman–Crippen MR) is 73.4 cm³/mol. The van der Waals surface area contributed by atoms with Crippen molar-refractivity contribution in [2.24, 2.45) is 5.92 Å². The van der Waals surface area contributed by atoms with E-state index >= 15 is 0 Å². The van der Waals surface area contributed by atoms with Crippen LogP contribution in [0, 0.1) is 11.7 Å². The summed E-state index contributed by atoms with van der Waals surface area (Å²) in [6.45, 7) is 2.85. The van der Waals surface area contributed by atoms with Gasteiger partial charge < -0.3 is 4.90 Å². The van der Waals surface area contributed by atoms with Crippen molar-refractivity contribution < 1.29 is 14.0 Å². The van der Waals surface area contributed by atoms with Crippen molar-refractivity contribution in [2.45, 2.75) is 19.8 Å². The van der Waals surface area contributed by atoms with E-state index in [4.69, 9.17) is 0 Å². The third-order valence-electron chi connectivity index (χ3n) is 3.47. The van der Waals surface area contributed by atoms with Crippen molar-refractivity contribution in [1.82, 2.24) is 4.90 Å². The number of amides is 1. The summed E-state index contributed by atoms with van der Waals surface area (Å²) in [4.78, 5) is 25.7. The van der Waals surface area contributed by atoms with E-state index in [9.17, 15) is 14.0 Å². The third kappa shape index (κ3) is 3.03. The van der Waals surface area contributed by atoms with Crippen molar-refractivity contribution in [3.05, 3.63) is 34.1 Å². The fourth-order valence-electron chi connectivity index (χ4n) is 2.28. The highest BCUT2D eigenvalue weighted by Crippen LogP contribution is 2.23. The Bertz CT molecular complexity index is 518. The van der Waals surface area contributed by atoms with Gasteiger partial charge in [0.2, 0.25) is 0 Å². The number of piperidine rings is 1. The van der Waals surface area contributed by atoms with Gasteiger partial charge in [0.25, 0.3) is 5.91 Å². The molecule has 1 aliphatic rings. The summed E-state index contributed by atoms with van der Waals surface area (Å²) in [5.74, 6) is -0.386. The topological polar surface area (TPSA) is 37.4 Å². The number of rotatable bonds is 2. The Morgan fingerprint density at radius 3 is 2.89 bits per heavy atom. The van der Waals surface area contributed by atoms with Crippen molar-refractivity contribution >= 4 is 27.6 Å². The molecule has 0 radical (unpaired) electrons. The van der Waals surface area contributed by atoms with Crippen LogP contribution in [-0.4, -0.2) is 29.7 Å². The molecule has 1 fully saturated rings. The van der Waals surface area contributed by atoms with E-state index in [0.717, 1.165) is 6.42 Å². The number of Topliss-reactive ketones (excluding diaryl/α,β-unsaturated/α-hetero) is 1. The van der Waals surface area contributed by atoms with E-state index < -0.39 is 0 Å². The molecule has 1 amide bonds. The lowest BCUT2D eigenvalue weighted by Crippen LogP contribution is -2.44. The molecule has 1 saturated heterocycles. The van der Waals surface area contributed by atoms with E-state index in [1.54, 1.807) is 4.90 Å². The zero-order valence-electron chi connectivity index (χ0n) is 10.7. The first-order valence-corrected chi connectivity index (χ1v) is 7.09. The highest BCUT2D eigenvalue weighted by molar-refractivity contribution is 9.10. The predicted octanol–water partition coefficient (Wildman–Crippen LogP) is 3.03. The number of carbonyl (C=O) groups is 2. The fraction of sp³-hybridized carbons (Fsp3) is 0.429. The van der Waals surface area contributed by atoms with Crippen LogP contribution in [0.1, 0.15) is 30.1 Å². The lowest BCUT2D eigenvalue weighted by Gasteiger charge is -2.31. The largest absolute Gasteiger partial charge is 0.337 e. The van der Waals surface area contributed by atoms with Gasteiger partial charge in [-0.3, -0.25) is 9.59 Å². The molecule has 0 spiro atoms. The van der Waals surface area contributed by atoms with Gasteiger partial charge in [-0.1, -0.05) is 6.92 Å². The molecule has 5 heteroatoms. The van der Waals surface area contributed by atoms with E-state index in [0.29, 0.717) is 29.5 Å². The second-order valence-electron chi connectivity index (χ2n) is 4.70. The first-order valence-electron chi connectivity index (χ1n) is 6.30. The molecule has 2 rings (SSSR count). The molecule has 0 N–H and O–H groups in total. The molecule has 19 heavy (non-hydrogen) atoms. The van der Waals surface area contributed by atoms with Gasteiger partial charge in [0.1, 0.15) is 11.6 Å². The van der Waals surface area contributed by atoms with E-state index in [1.165, 1.54) is 18.2 Å². The summed E-state index contributed by atoms with van der Waals surface area (Å²) >= 11 is 3.20. The molecular formula is C14H15BrFNO2. The highest BCUT2D eigenvalue weighted by atomic mass is 79.9. The first kappa shape index (κ1) is 14.2. The summed E-state index contributed by atoms with van der Waals surface area (Å²) in [6, 6.07) is 4.02. The van der Waals surface area contributed by atoms with Crippen LogP contribution in [0.3, 0.4) is 0 Å². The van der Waals surface area contributed by atoms with E-state index in [2.05, 4.69) is 15.9 Å². The van der Waals surface area contributed by atoms with Crippen LogP contribution in [0.25, 0.3) is 0 Å². The van der Waals surface area contributed by atoms with Crippen molar-refractivity contribution in [3.8, 4) is 0 Å². The van der Waals surface area contributed by atoms with Crippen molar-refractivity contribution in [3.63, 3.8) is 0 Å². The summed E-state index contributed by atoms with van der Waals surface area (Å²) in [5, 5.41) is 0. The normalized spacial score (nSPS) is 19.6. The lowest BCUT2D eigenvalue weighted by molar-refractivity contribution is -0.125. The Morgan fingerprint density at radius 1 is 1.53 bits per heavy atom. The fourth-order valence-corrected chi connectivity index (χ4v) is 2.80. The number of halogens is 2. The van der Waals surface area contributed by atoms with Crippen LogP contribution in [0.5, 0.6) is 0 Å². The third-order valence-corrected chi connectivity index (χ3v) is 4.12. The van der Waals surface area contributed by atoms with Crippen LogP contribution in [0.15, 0.2) is 22.7 Å². The molecule has 0 bridgehead atoms. The average molecular weight is 328 g/mol. The summed E-state index contributed by atoms with van der Waals surface area (Å²) < 4.78 is 13.5.